The summed E-state index contributed by atoms with van der Waals surface area (Å²) in [6, 6.07) is 0. The van der Waals surface area contributed by atoms with E-state index >= 15 is 0 Å². The zero-order chi connectivity index (χ0) is 38.3. The van der Waals surface area contributed by atoms with Gasteiger partial charge in [-0.05, 0) is 50.9 Å². The Morgan fingerprint density at radius 3 is 2.40 bits per heavy atom. The second-order valence-corrected chi connectivity index (χ2v) is 15.5. The zero-order valence-corrected chi connectivity index (χ0v) is 32.5. The van der Waals surface area contributed by atoms with Crippen molar-refractivity contribution in [2.75, 3.05) is 13.7 Å². The molecule has 0 aliphatic carbocycles. The molecule has 3 saturated heterocycles. The van der Waals surface area contributed by atoms with Crippen LogP contribution in [-0.4, -0.2) is 114 Å². The van der Waals surface area contributed by atoms with Gasteiger partial charge in [-0.2, -0.15) is 0 Å². The van der Waals surface area contributed by atoms with Crippen molar-refractivity contribution in [2.24, 2.45) is 11.8 Å². The van der Waals surface area contributed by atoms with E-state index in [9.17, 15) is 24.9 Å². The van der Waals surface area contributed by atoms with Gasteiger partial charge in [0, 0.05) is 38.9 Å². The Morgan fingerprint density at radius 2 is 1.62 bits per heavy atom. The molecule has 4 aliphatic heterocycles. The van der Waals surface area contributed by atoms with Crippen LogP contribution in [0.25, 0.3) is 0 Å². The molecule has 0 unspecified atom stereocenters. The molecular weight excluding hydrogens is 684 g/mol. The normalized spacial score (nSPS) is 40.1. The van der Waals surface area contributed by atoms with Gasteiger partial charge in [0.15, 0.2) is 6.29 Å². The summed E-state index contributed by atoms with van der Waals surface area (Å²) >= 11 is 0. The fraction of sp³-hybridized carbons (Fsp3) is 0.805. The van der Waals surface area contributed by atoms with E-state index in [2.05, 4.69) is 32.9 Å². The van der Waals surface area contributed by atoms with Gasteiger partial charge in [-0.1, -0.05) is 76.8 Å². The van der Waals surface area contributed by atoms with Gasteiger partial charge in [0.2, 0.25) is 0 Å². The molecular formula is C41H66O12. The molecule has 0 aromatic carbocycles. The number of allylic oxidation sites excluding steroid dienone is 3. The van der Waals surface area contributed by atoms with Gasteiger partial charge in [-0.15, -0.1) is 0 Å². The number of hydrogen-bond donors (Lipinski definition) is 3. The number of esters is 2. The quantitative estimate of drug-likeness (QED) is 0.186. The van der Waals surface area contributed by atoms with Crippen LogP contribution in [0.5, 0.6) is 0 Å². The SMILES string of the molecule is CCCCCCCC(=O)OC[C@@H]1C[C@H](O)[C@@H]2C[C@H](C)[C@H](C/C=C\C=C\[C@H](C)C[C@@H]3C[C@H](O[C@@H]4O[C@@H](C)[C@H](O)[C@@H](O)[C@H]4OC)C[C@H](CC=CC(=O)O1)O3)O2. The molecule has 0 aromatic rings. The van der Waals surface area contributed by atoms with Crippen molar-refractivity contribution in [2.45, 2.75) is 185 Å². The highest BCUT2D eigenvalue weighted by Crippen LogP contribution is 2.34. The fourth-order valence-corrected chi connectivity index (χ4v) is 7.76. The highest BCUT2D eigenvalue weighted by atomic mass is 16.7. The third-order valence-electron chi connectivity index (χ3n) is 10.9. The van der Waals surface area contributed by atoms with Crippen molar-refractivity contribution in [3.8, 4) is 0 Å². The number of methoxy groups -OCH3 is 1. The second-order valence-electron chi connectivity index (χ2n) is 15.5. The molecule has 4 bridgehead atoms. The number of carbonyl (C=O) groups excluding carboxylic acids is 2. The molecule has 4 heterocycles. The molecule has 0 saturated carbocycles. The Morgan fingerprint density at radius 1 is 0.849 bits per heavy atom. The van der Waals surface area contributed by atoms with Gasteiger partial charge in [0.25, 0.3) is 0 Å². The molecule has 12 heteroatoms. The van der Waals surface area contributed by atoms with E-state index in [0.29, 0.717) is 38.5 Å². The lowest BCUT2D eigenvalue weighted by Gasteiger charge is -2.43. The predicted octanol–water partition coefficient (Wildman–Crippen LogP) is 5.25. The number of rotatable bonds is 11. The van der Waals surface area contributed by atoms with Gasteiger partial charge in [0.05, 0.1) is 42.7 Å². The molecule has 53 heavy (non-hydrogen) atoms. The first-order valence-electron chi connectivity index (χ1n) is 20.0. The Hall–Kier alpha value is -2.16. The average molecular weight is 751 g/mol. The lowest BCUT2D eigenvalue weighted by Crippen LogP contribution is -2.59. The van der Waals surface area contributed by atoms with Crippen molar-refractivity contribution in [3.05, 3.63) is 36.5 Å². The van der Waals surface area contributed by atoms with E-state index < -0.39 is 55.0 Å². The third kappa shape index (κ3) is 14.1. The van der Waals surface area contributed by atoms with E-state index in [-0.39, 0.29) is 55.2 Å². The number of unbranched alkanes of at least 4 members (excludes halogenated alkanes) is 4. The standard InChI is InChI=1S/C41H66O12/c1-6-7-8-9-13-18-36(43)48-25-32-24-33(42)35-21-27(3)34(53-35)17-12-10-11-15-26(2)20-30-23-31(22-29(50-30)16-14-19-37(44)51-32)52-41-40(47-5)39(46)38(45)28(4)49-41/h10-12,14-15,19,26-35,38-42,45-46H,6-9,13,16-18,20-25H2,1-5H3/b12-10-,15-11+,19-14?/t26-,27-,28-,29-,30+,31+,32-,33-,34-,35-,38-,39+,40+,41-/m0/s1. The van der Waals surface area contributed by atoms with Gasteiger partial charge >= 0.3 is 11.9 Å². The van der Waals surface area contributed by atoms with Gasteiger partial charge in [0.1, 0.15) is 31.0 Å². The smallest absolute Gasteiger partial charge is 0.330 e. The summed E-state index contributed by atoms with van der Waals surface area (Å²) in [5.41, 5.74) is 0. The molecule has 0 radical (unpaired) electrons. The summed E-state index contributed by atoms with van der Waals surface area (Å²) in [4.78, 5) is 25.7. The largest absolute Gasteiger partial charge is 0.462 e. The average Bonchev–Trinajstić information content (AvgIpc) is 3.49. The van der Waals surface area contributed by atoms with Crippen molar-refractivity contribution in [1.29, 1.82) is 0 Å². The molecule has 0 amide bonds. The topological polar surface area (TPSA) is 159 Å². The summed E-state index contributed by atoms with van der Waals surface area (Å²) in [6.45, 7) is 7.93. The van der Waals surface area contributed by atoms with Gasteiger partial charge < -0.3 is 48.5 Å². The van der Waals surface area contributed by atoms with E-state index in [4.69, 9.17) is 33.2 Å². The van der Waals surface area contributed by atoms with E-state index in [0.717, 1.165) is 38.5 Å². The van der Waals surface area contributed by atoms with Crippen LogP contribution in [0.1, 0.15) is 111 Å². The lowest BCUT2D eigenvalue weighted by atomic mass is 9.92. The first kappa shape index (κ1) is 43.6. The third-order valence-corrected chi connectivity index (χ3v) is 10.9. The summed E-state index contributed by atoms with van der Waals surface area (Å²) in [5, 5.41) is 32.2. The van der Waals surface area contributed by atoms with Crippen LogP contribution in [0.4, 0.5) is 0 Å². The number of aliphatic hydroxyl groups excluding tert-OH is 3. The summed E-state index contributed by atoms with van der Waals surface area (Å²) in [5.74, 6) is -0.518. The molecule has 4 aliphatic rings. The van der Waals surface area contributed by atoms with Crippen LogP contribution in [-0.2, 0) is 42.7 Å². The first-order valence-corrected chi connectivity index (χ1v) is 20.0. The maximum absolute atomic E-state index is 13.1. The molecule has 3 fully saturated rings. The van der Waals surface area contributed by atoms with Crippen LogP contribution in [0.2, 0.25) is 0 Å². The Balaban J connectivity index is 1.46. The maximum Gasteiger partial charge on any atom is 0.330 e. The van der Waals surface area contributed by atoms with E-state index in [1.54, 1.807) is 13.0 Å². The number of fused-ring (bicyclic) bond motifs is 4. The van der Waals surface area contributed by atoms with Crippen LogP contribution >= 0.6 is 0 Å². The monoisotopic (exact) mass is 750 g/mol. The number of cyclic esters (lactones) is 1. The minimum Gasteiger partial charge on any atom is -0.462 e. The molecule has 0 aromatic heterocycles. The minimum atomic E-state index is -1.16. The minimum absolute atomic E-state index is 0.0528. The molecule has 0 spiro atoms. The Kier molecular flexibility index (Phi) is 18.4. The molecule has 12 nitrogen and oxygen atoms in total. The fourth-order valence-electron chi connectivity index (χ4n) is 7.76. The first-order chi connectivity index (χ1) is 25.5. The summed E-state index contributed by atoms with van der Waals surface area (Å²) in [7, 11) is 1.45. The summed E-state index contributed by atoms with van der Waals surface area (Å²) < 4.78 is 41.9. The Labute approximate surface area is 316 Å². The number of carbonyl (C=O) groups is 2. The van der Waals surface area contributed by atoms with Crippen LogP contribution in [0.15, 0.2) is 36.5 Å². The maximum atomic E-state index is 13.1. The summed E-state index contributed by atoms with van der Waals surface area (Å²) in [6.07, 6.45) is 12.8. The van der Waals surface area contributed by atoms with Crippen LogP contribution in [0.3, 0.4) is 0 Å². The number of hydrogen-bond acceptors (Lipinski definition) is 12. The highest BCUT2D eigenvalue weighted by Gasteiger charge is 2.45. The van der Waals surface area contributed by atoms with Gasteiger partial charge in [-0.25, -0.2) is 4.79 Å². The predicted molar refractivity (Wildman–Crippen MR) is 198 cm³/mol. The molecule has 302 valence electrons. The number of aliphatic hydroxyl groups is 3. The van der Waals surface area contributed by atoms with Crippen LogP contribution < -0.4 is 0 Å². The highest BCUT2D eigenvalue weighted by molar-refractivity contribution is 5.82. The van der Waals surface area contributed by atoms with Crippen molar-refractivity contribution in [1.82, 2.24) is 0 Å². The zero-order valence-electron chi connectivity index (χ0n) is 32.5. The van der Waals surface area contributed by atoms with E-state index in [1.807, 2.05) is 12.2 Å². The van der Waals surface area contributed by atoms with Gasteiger partial charge in [-0.3, -0.25) is 4.79 Å². The molecule has 3 N–H and O–H groups in total. The van der Waals surface area contributed by atoms with Crippen molar-refractivity contribution in [3.63, 3.8) is 0 Å². The lowest BCUT2D eigenvalue weighted by molar-refractivity contribution is -0.315. The van der Waals surface area contributed by atoms with Crippen molar-refractivity contribution >= 4 is 11.9 Å². The Bertz CT molecular complexity index is 1190. The second kappa shape index (κ2) is 22.4. The molecule has 14 atom stereocenters. The van der Waals surface area contributed by atoms with E-state index in [1.165, 1.54) is 13.2 Å². The number of ether oxygens (including phenoxy) is 7. The van der Waals surface area contributed by atoms with Crippen LogP contribution in [0, 0.1) is 11.8 Å². The molecule has 4 rings (SSSR count). The van der Waals surface area contributed by atoms with Crippen molar-refractivity contribution < 1.29 is 58.1 Å².